The molecule has 0 aliphatic carbocycles. The van der Waals surface area contributed by atoms with Crippen molar-refractivity contribution in [3.8, 4) is 11.5 Å². The van der Waals surface area contributed by atoms with Crippen LogP contribution in [0.3, 0.4) is 0 Å². The van der Waals surface area contributed by atoms with E-state index < -0.39 is 0 Å². The van der Waals surface area contributed by atoms with Crippen molar-refractivity contribution in [2.75, 3.05) is 14.2 Å². The van der Waals surface area contributed by atoms with E-state index in [-0.39, 0.29) is 6.04 Å². The Labute approximate surface area is 127 Å². The summed E-state index contributed by atoms with van der Waals surface area (Å²) in [6.45, 7) is 0. The number of benzene rings is 2. The van der Waals surface area contributed by atoms with E-state index in [0.717, 1.165) is 27.1 Å². The van der Waals surface area contributed by atoms with Crippen LogP contribution >= 0.6 is 15.9 Å². The highest BCUT2D eigenvalue weighted by atomic mass is 79.9. The second-order valence-electron chi connectivity index (χ2n) is 4.51. The number of nitrogens with two attached hydrogens (primary N) is 1. The van der Waals surface area contributed by atoms with Gasteiger partial charge in [-0.2, -0.15) is 0 Å². The van der Waals surface area contributed by atoms with Gasteiger partial charge in [0, 0.05) is 10.5 Å². The summed E-state index contributed by atoms with van der Waals surface area (Å²) in [5, 5.41) is 0. The zero-order valence-corrected chi connectivity index (χ0v) is 13.2. The summed E-state index contributed by atoms with van der Waals surface area (Å²) in [4.78, 5) is 0. The van der Waals surface area contributed by atoms with Gasteiger partial charge in [0.05, 0.1) is 14.2 Å². The molecule has 2 rings (SSSR count). The van der Waals surface area contributed by atoms with Gasteiger partial charge in [-0.3, -0.25) is 0 Å². The van der Waals surface area contributed by atoms with Crippen molar-refractivity contribution in [3.63, 3.8) is 0 Å². The molecular weight excluding hydrogens is 318 g/mol. The molecule has 0 radical (unpaired) electrons. The molecule has 1 atom stereocenters. The summed E-state index contributed by atoms with van der Waals surface area (Å²) in [6.07, 6.45) is 0.704. The number of halogens is 1. The lowest BCUT2D eigenvalue weighted by Gasteiger charge is -2.17. The van der Waals surface area contributed by atoms with E-state index in [1.807, 2.05) is 42.5 Å². The van der Waals surface area contributed by atoms with Gasteiger partial charge in [-0.05, 0) is 41.8 Å². The monoisotopic (exact) mass is 335 g/mol. The van der Waals surface area contributed by atoms with E-state index in [2.05, 4.69) is 15.9 Å². The van der Waals surface area contributed by atoms with Crippen molar-refractivity contribution in [3.05, 3.63) is 58.1 Å². The minimum Gasteiger partial charge on any atom is -0.497 e. The van der Waals surface area contributed by atoms with Crippen LogP contribution < -0.4 is 15.2 Å². The largest absolute Gasteiger partial charge is 0.497 e. The minimum atomic E-state index is -0.129. The zero-order chi connectivity index (χ0) is 14.5. The molecule has 0 fully saturated rings. The zero-order valence-electron chi connectivity index (χ0n) is 11.6. The van der Waals surface area contributed by atoms with Crippen LogP contribution in [0.15, 0.2) is 46.9 Å². The van der Waals surface area contributed by atoms with Crippen LogP contribution in [-0.4, -0.2) is 14.2 Å². The Bertz CT molecular complexity index is 586. The van der Waals surface area contributed by atoms with Crippen LogP contribution in [0.4, 0.5) is 0 Å². The van der Waals surface area contributed by atoms with Gasteiger partial charge in [-0.25, -0.2) is 0 Å². The van der Waals surface area contributed by atoms with Crippen LogP contribution in [0.1, 0.15) is 17.2 Å². The molecule has 4 heteroatoms. The molecule has 0 spiro atoms. The Hall–Kier alpha value is -1.52. The molecule has 2 aromatic rings. The molecule has 0 aromatic heterocycles. The quantitative estimate of drug-likeness (QED) is 0.905. The SMILES string of the molecule is COc1ccc(Br)c(C(N)Cc2ccccc2OC)c1. The number of para-hydroxylation sites is 1. The predicted molar refractivity (Wildman–Crippen MR) is 84.3 cm³/mol. The first-order valence-electron chi connectivity index (χ1n) is 6.36. The average molecular weight is 336 g/mol. The summed E-state index contributed by atoms with van der Waals surface area (Å²) in [5.74, 6) is 1.67. The van der Waals surface area contributed by atoms with Crippen LogP contribution in [0.5, 0.6) is 11.5 Å². The molecule has 2 N–H and O–H groups in total. The number of hydrogen-bond donors (Lipinski definition) is 1. The third-order valence-corrected chi connectivity index (χ3v) is 3.96. The molecule has 0 aliphatic heterocycles. The predicted octanol–water partition coefficient (Wildman–Crippen LogP) is 3.71. The second kappa shape index (κ2) is 6.77. The normalized spacial score (nSPS) is 12.0. The smallest absolute Gasteiger partial charge is 0.122 e. The Balaban J connectivity index is 2.25. The summed E-state index contributed by atoms with van der Waals surface area (Å²) in [6, 6.07) is 13.6. The van der Waals surface area contributed by atoms with Gasteiger partial charge < -0.3 is 15.2 Å². The molecule has 2 aromatic carbocycles. The lowest BCUT2D eigenvalue weighted by atomic mass is 9.99. The number of hydrogen-bond acceptors (Lipinski definition) is 3. The number of rotatable bonds is 5. The standard InChI is InChI=1S/C16H18BrNO2/c1-19-12-7-8-14(17)13(10-12)15(18)9-11-5-3-4-6-16(11)20-2/h3-8,10,15H,9,18H2,1-2H3. The van der Waals surface area contributed by atoms with Gasteiger partial charge in [-0.1, -0.05) is 34.1 Å². The third-order valence-electron chi connectivity index (χ3n) is 3.23. The van der Waals surface area contributed by atoms with E-state index in [4.69, 9.17) is 15.2 Å². The highest BCUT2D eigenvalue weighted by molar-refractivity contribution is 9.10. The molecule has 0 aliphatic rings. The summed E-state index contributed by atoms with van der Waals surface area (Å²) in [5.41, 5.74) is 8.45. The third kappa shape index (κ3) is 3.32. The van der Waals surface area contributed by atoms with E-state index in [1.165, 1.54) is 0 Å². The van der Waals surface area contributed by atoms with Crippen molar-refractivity contribution >= 4 is 15.9 Å². The first-order valence-corrected chi connectivity index (χ1v) is 7.16. The van der Waals surface area contributed by atoms with Gasteiger partial charge in [0.25, 0.3) is 0 Å². The van der Waals surface area contributed by atoms with Gasteiger partial charge in [0.15, 0.2) is 0 Å². The first-order chi connectivity index (χ1) is 9.65. The van der Waals surface area contributed by atoms with E-state index >= 15 is 0 Å². The molecule has 20 heavy (non-hydrogen) atoms. The van der Waals surface area contributed by atoms with Gasteiger partial charge in [-0.15, -0.1) is 0 Å². The molecule has 0 amide bonds. The fraction of sp³-hybridized carbons (Fsp3) is 0.250. The van der Waals surface area contributed by atoms with Crippen molar-refractivity contribution in [2.24, 2.45) is 5.73 Å². The van der Waals surface area contributed by atoms with Crippen LogP contribution in [-0.2, 0) is 6.42 Å². The maximum atomic E-state index is 6.33. The Morgan fingerprint density at radius 3 is 2.55 bits per heavy atom. The van der Waals surface area contributed by atoms with Crippen molar-refractivity contribution in [1.82, 2.24) is 0 Å². The van der Waals surface area contributed by atoms with Gasteiger partial charge >= 0.3 is 0 Å². The Morgan fingerprint density at radius 2 is 1.85 bits per heavy atom. The molecule has 0 saturated heterocycles. The molecule has 0 heterocycles. The van der Waals surface area contributed by atoms with E-state index in [1.54, 1.807) is 14.2 Å². The molecule has 1 unspecified atom stereocenters. The topological polar surface area (TPSA) is 44.5 Å². The molecule has 0 bridgehead atoms. The fourth-order valence-corrected chi connectivity index (χ4v) is 2.69. The number of ether oxygens (including phenoxy) is 2. The minimum absolute atomic E-state index is 0.129. The highest BCUT2D eigenvalue weighted by Crippen LogP contribution is 2.30. The van der Waals surface area contributed by atoms with E-state index in [0.29, 0.717) is 6.42 Å². The summed E-state index contributed by atoms with van der Waals surface area (Å²) in [7, 11) is 3.32. The van der Waals surface area contributed by atoms with E-state index in [9.17, 15) is 0 Å². The molecule has 0 saturated carbocycles. The van der Waals surface area contributed by atoms with Crippen LogP contribution in [0.2, 0.25) is 0 Å². The summed E-state index contributed by atoms with van der Waals surface area (Å²) < 4.78 is 11.6. The molecular formula is C16H18BrNO2. The fourth-order valence-electron chi connectivity index (χ4n) is 2.15. The van der Waals surface area contributed by atoms with Crippen molar-refractivity contribution in [1.29, 1.82) is 0 Å². The van der Waals surface area contributed by atoms with Gasteiger partial charge in [0.2, 0.25) is 0 Å². The average Bonchev–Trinajstić information content (AvgIpc) is 2.48. The second-order valence-corrected chi connectivity index (χ2v) is 5.36. The maximum absolute atomic E-state index is 6.33. The highest BCUT2D eigenvalue weighted by Gasteiger charge is 2.14. The van der Waals surface area contributed by atoms with Crippen molar-refractivity contribution in [2.45, 2.75) is 12.5 Å². The molecule has 106 valence electrons. The lowest BCUT2D eigenvalue weighted by molar-refractivity contribution is 0.407. The van der Waals surface area contributed by atoms with Crippen LogP contribution in [0, 0.1) is 0 Å². The van der Waals surface area contributed by atoms with Gasteiger partial charge in [0.1, 0.15) is 11.5 Å². The maximum Gasteiger partial charge on any atom is 0.122 e. The first kappa shape index (κ1) is 14.9. The molecule has 3 nitrogen and oxygen atoms in total. The Kier molecular flexibility index (Phi) is 5.04. The Morgan fingerprint density at radius 1 is 1.10 bits per heavy atom. The van der Waals surface area contributed by atoms with Crippen LogP contribution in [0.25, 0.3) is 0 Å². The number of methoxy groups -OCH3 is 2. The lowest BCUT2D eigenvalue weighted by Crippen LogP contribution is -2.14. The summed E-state index contributed by atoms with van der Waals surface area (Å²) >= 11 is 3.54. The van der Waals surface area contributed by atoms with Crippen molar-refractivity contribution < 1.29 is 9.47 Å².